The van der Waals surface area contributed by atoms with Crippen LogP contribution in [0.25, 0.3) is 11.0 Å². The Morgan fingerprint density at radius 2 is 2.18 bits per heavy atom. The zero-order chi connectivity index (χ0) is 23.3. The topological polar surface area (TPSA) is 127 Å². The number of ether oxygens (including phenoxy) is 1. The Labute approximate surface area is 202 Å². The van der Waals surface area contributed by atoms with Gasteiger partial charge in [-0.05, 0) is 25.5 Å². The molecule has 2 N–H and O–H groups in total. The zero-order valence-corrected chi connectivity index (χ0v) is 20.3. The number of amides is 2. The molecule has 4 heterocycles. The SMILES string of the molecule is CCOC(=O)[C@H]1[C@H]2C(=O)N(CCO)C(C(=O)NCn3nnc4ccccc43)C23CC(Br)[C@@H]1S3. The van der Waals surface area contributed by atoms with Crippen molar-refractivity contribution in [2.45, 2.75) is 40.9 Å². The van der Waals surface area contributed by atoms with Gasteiger partial charge in [-0.1, -0.05) is 33.3 Å². The molecular formula is C21H24BrN5O5S. The number of aliphatic hydroxyl groups is 1. The number of esters is 1. The van der Waals surface area contributed by atoms with Crippen molar-refractivity contribution in [3.63, 3.8) is 0 Å². The predicted molar refractivity (Wildman–Crippen MR) is 123 cm³/mol. The van der Waals surface area contributed by atoms with E-state index in [0.717, 1.165) is 5.52 Å². The maximum atomic E-state index is 13.5. The number of fused-ring (bicyclic) bond motifs is 2. The monoisotopic (exact) mass is 537 g/mol. The van der Waals surface area contributed by atoms with E-state index in [9.17, 15) is 19.5 Å². The Morgan fingerprint density at radius 3 is 2.94 bits per heavy atom. The normalized spacial score (nSPS) is 32.4. The number of para-hydroxylation sites is 1. The lowest BCUT2D eigenvalue weighted by atomic mass is 9.71. The van der Waals surface area contributed by atoms with E-state index < -0.39 is 28.6 Å². The maximum Gasteiger partial charge on any atom is 0.310 e. The molecule has 2 aromatic rings. The first kappa shape index (κ1) is 22.6. The molecule has 10 nitrogen and oxygen atoms in total. The predicted octanol–water partition coefficient (Wildman–Crippen LogP) is 0.525. The quantitative estimate of drug-likeness (QED) is 0.386. The minimum Gasteiger partial charge on any atom is -0.466 e. The Morgan fingerprint density at radius 1 is 1.39 bits per heavy atom. The Balaban J connectivity index is 1.44. The summed E-state index contributed by atoms with van der Waals surface area (Å²) < 4.78 is 6.12. The van der Waals surface area contributed by atoms with Crippen molar-refractivity contribution in [1.82, 2.24) is 25.2 Å². The second kappa shape index (κ2) is 8.55. The summed E-state index contributed by atoms with van der Waals surface area (Å²) in [6, 6.07) is 6.61. The summed E-state index contributed by atoms with van der Waals surface area (Å²) >= 11 is 5.21. The third-order valence-electron chi connectivity index (χ3n) is 6.76. The van der Waals surface area contributed by atoms with Crippen LogP contribution in [0, 0.1) is 11.8 Å². The molecule has 2 bridgehead atoms. The molecule has 1 aromatic carbocycles. The highest BCUT2D eigenvalue weighted by atomic mass is 79.9. The number of rotatable bonds is 7. The van der Waals surface area contributed by atoms with Gasteiger partial charge in [0.25, 0.3) is 0 Å². The highest BCUT2D eigenvalue weighted by molar-refractivity contribution is 9.09. The molecule has 1 spiro atoms. The van der Waals surface area contributed by atoms with Gasteiger partial charge in [0, 0.05) is 16.6 Å². The fraction of sp³-hybridized carbons (Fsp3) is 0.571. The van der Waals surface area contributed by atoms with Gasteiger partial charge in [-0.25, -0.2) is 4.68 Å². The number of benzene rings is 1. The molecule has 0 saturated carbocycles. The Bertz CT molecular complexity index is 1110. The van der Waals surface area contributed by atoms with Gasteiger partial charge >= 0.3 is 5.97 Å². The molecule has 3 saturated heterocycles. The first-order valence-electron chi connectivity index (χ1n) is 10.9. The van der Waals surface area contributed by atoms with Crippen molar-refractivity contribution < 1.29 is 24.2 Å². The van der Waals surface area contributed by atoms with Crippen LogP contribution >= 0.6 is 27.7 Å². The van der Waals surface area contributed by atoms with Crippen molar-refractivity contribution >= 4 is 56.5 Å². The number of hydrogen-bond acceptors (Lipinski definition) is 8. The van der Waals surface area contributed by atoms with Crippen LogP contribution < -0.4 is 5.32 Å². The summed E-state index contributed by atoms with van der Waals surface area (Å²) in [5.41, 5.74) is 1.50. The van der Waals surface area contributed by atoms with E-state index in [1.54, 1.807) is 11.6 Å². The van der Waals surface area contributed by atoms with Crippen LogP contribution in [0.5, 0.6) is 0 Å². The van der Waals surface area contributed by atoms with Crippen LogP contribution in [-0.4, -0.2) is 83.4 Å². The van der Waals surface area contributed by atoms with E-state index in [-0.39, 0.29) is 48.3 Å². The standard InChI is InChI=1S/C21H24BrN5O5S/c1-2-32-20(31)14-15-19(30)26(7-8-28)17(21(15)9-11(22)16(14)33-21)18(29)23-10-27-13-6-4-3-5-12(13)24-25-27/h3-6,11,14-17,28H,2,7-10H2,1H3,(H,23,29)/t11?,14-,15-,16-,17?,21?/m0/s1. The van der Waals surface area contributed by atoms with Gasteiger partial charge in [0.2, 0.25) is 11.8 Å². The lowest BCUT2D eigenvalue weighted by Gasteiger charge is -2.35. The molecule has 12 heteroatoms. The smallest absolute Gasteiger partial charge is 0.310 e. The molecule has 3 aliphatic heterocycles. The number of alkyl halides is 1. The van der Waals surface area contributed by atoms with E-state index in [4.69, 9.17) is 4.74 Å². The number of aliphatic hydroxyl groups excluding tert-OH is 1. The lowest BCUT2D eigenvalue weighted by molar-refractivity contribution is -0.153. The molecule has 2 amide bonds. The summed E-state index contributed by atoms with van der Waals surface area (Å²) in [5.74, 6) is -2.30. The van der Waals surface area contributed by atoms with E-state index in [1.807, 2.05) is 24.3 Å². The first-order chi connectivity index (χ1) is 15.9. The Hall–Kier alpha value is -2.18. The van der Waals surface area contributed by atoms with Crippen molar-refractivity contribution in [3.8, 4) is 0 Å². The van der Waals surface area contributed by atoms with Crippen molar-refractivity contribution in [1.29, 1.82) is 0 Å². The largest absolute Gasteiger partial charge is 0.466 e. The number of thioether (sulfide) groups is 1. The van der Waals surface area contributed by atoms with Gasteiger partial charge in [0.1, 0.15) is 18.2 Å². The molecule has 0 aliphatic carbocycles. The molecule has 33 heavy (non-hydrogen) atoms. The van der Waals surface area contributed by atoms with Crippen LogP contribution in [0.2, 0.25) is 0 Å². The van der Waals surface area contributed by atoms with Gasteiger partial charge in [0.15, 0.2) is 0 Å². The molecule has 3 aliphatic rings. The second-order valence-electron chi connectivity index (χ2n) is 8.45. The van der Waals surface area contributed by atoms with Crippen molar-refractivity contribution in [2.24, 2.45) is 11.8 Å². The number of aromatic nitrogens is 3. The highest BCUT2D eigenvalue weighted by Gasteiger charge is 2.75. The number of carbonyl (C=O) groups excluding carboxylic acids is 3. The van der Waals surface area contributed by atoms with Crippen molar-refractivity contribution in [2.75, 3.05) is 19.8 Å². The molecule has 1 aromatic heterocycles. The fourth-order valence-electron chi connectivity index (χ4n) is 5.57. The number of hydrogen-bond donors (Lipinski definition) is 2. The third-order valence-corrected chi connectivity index (χ3v) is 9.98. The fourth-order valence-corrected chi connectivity index (χ4v) is 9.17. The number of β-amino-alcohol motifs (C(OH)–C–C–N with tert-alkyl or cyclic N) is 1. The molecule has 5 rings (SSSR count). The van der Waals surface area contributed by atoms with Gasteiger partial charge < -0.3 is 20.1 Å². The summed E-state index contributed by atoms with van der Waals surface area (Å²) in [6.45, 7) is 1.80. The molecule has 3 unspecified atom stereocenters. The molecule has 3 fully saturated rings. The average molecular weight is 538 g/mol. The molecule has 6 atom stereocenters. The van der Waals surface area contributed by atoms with Crippen LogP contribution in [0.15, 0.2) is 24.3 Å². The number of carbonyl (C=O) groups is 3. The average Bonchev–Trinajstić information content (AvgIpc) is 3.50. The number of nitrogens with one attached hydrogen (secondary N) is 1. The summed E-state index contributed by atoms with van der Waals surface area (Å²) in [4.78, 5) is 41.3. The molecular weight excluding hydrogens is 514 g/mol. The summed E-state index contributed by atoms with van der Waals surface area (Å²) in [5, 5.41) is 20.6. The minimum atomic E-state index is -0.814. The second-order valence-corrected chi connectivity index (χ2v) is 11.2. The summed E-state index contributed by atoms with van der Waals surface area (Å²) in [6.07, 6.45) is 0.570. The molecule has 176 valence electrons. The zero-order valence-electron chi connectivity index (χ0n) is 17.9. The van der Waals surface area contributed by atoms with Gasteiger partial charge in [-0.3, -0.25) is 14.4 Å². The number of nitrogens with zero attached hydrogens (tertiary/aromatic N) is 4. The third kappa shape index (κ3) is 3.36. The van der Waals surface area contributed by atoms with Gasteiger partial charge in [0.05, 0.1) is 35.3 Å². The van der Waals surface area contributed by atoms with Gasteiger partial charge in [-0.2, -0.15) is 0 Å². The van der Waals surface area contributed by atoms with Crippen LogP contribution in [0.3, 0.4) is 0 Å². The maximum absolute atomic E-state index is 13.5. The van der Waals surface area contributed by atoms with Crippen molar-refractivity contribution in [3.05, 3.63) is 24.3 Å². The number of halogens is 1. The van der Waals surface area contributed by atoms with Crippen LogP contribution in [0.1, 0.15) is 13.3 Å². The molecule has 0 radical (unpaired) electrons. The number of likely N-dealkylation sites (tertiary alicyclic amines) is 1. The minimum absolute atomic E-state index is 0.0230. The van der Waals surface area contributed by atoms with Crippen LogP contribution in [0.4, 0.5) is 0 Å². The van der Waals surface area contributed by atoms with E-state index in [0.29, 0.717) is 11.9 Å². The first-order valence-corrected chi connectivity index (χ1v) is 12.7. The Kier molecular flexibility index (Phi) is 5.86. The van der Waals surface area contributed by atoms with E-state index >= 15 is 0 Å². The lowest BCUT2D eigenvalue weighted by Crippen LogP contribution is -2.54. The summed E-state index contributed by atoms with van der Waals surface area (Å²) in [7, 11) is 0. The van der Waals surface area contributed by atoms with Crippen LogP contribution in [-0.2, 0) is 25.8 Å². The van der Waals surface area contributed by atoms with Gasteiger partial charge in [-0.15, -0.1) is 16.9 Å². The highest BCUT2D eigenvalue weighted by Crippen LogP contribution is 2.67. The van der Waals surface area contributed by atoms with E-state index in [1.165, 1.54) is 16.7 Å². The van der Waals surface area contributed by atoms with E-state index in [2.05, 4.69) is 31.6 Å².